The van der Waals surface area contributed by atoms with Crippen LogP contribution in [0.3, 0.4) is 0 Å². The summed E-state index contributed by atoms with van der Waals surface area (Å²) in [6.07, 6.45) is 26.3. The Morgan fingerprint density at radius 2 is 1.23 bits per heavy atom. The predicted octanol–water partition coefficient (Wildman–Crippen LogP) is 6.44. The third-order valence-corrected chi connectivity index (χ3v) is 3.54. The molecule has 2 heteroatoms. The average Bonchev–Trinajstić information content (AvgIpc) is 2.50. The molecule has 0 atom stereocenters. The van der Waals surface area contributed by atoms with Gasteiger partial charge in [0.1, 0.15) is 0 Å². The second-order valence-corrected chi connectivity index (χ2v) is 5.70. The maximum atomic E-state index is 10.3. The molecule has 0 aliphatic carbocycles. The first-order chi connectivity index (χ1) is 10.8. The van der Waals surface area contributed by atoms with Crippen LogP contribution < -0.4 is 0 Å². The molecule has 22 heavy (non-hydrogen) atoms. The molecule has 0 spiro atoms. The second kappa shape index (κ2) is 17.7. The largest absolute Gasteiger partial charge is 0.481 e. The highest BCUT2D eigenvalue weighted by Gasteiger charge is 1.96. The van der Waals surface area contributed by atoms with E-state index in [1.165, 1.54) is 38.5 Å². The molecule has 0 fully saturated rings. The quantitative estimate of drug-likeness (QED) is 0.279. The van der Waals surface area contributed by atoms with Gasteiger partial charge in [0, 0.05) is 6.42 Å². The highest BCUT2D eigenvalue weighted by atomic mass is 16.4. The summed E-state index contributed by atoms with van der Waals surface area (Å²) in [4.78, 5) is 10.3. The molecule has 0 aromatic heterocycles. The molecule has 2 nitrogen and oxygen atoms in total. The van der Waals surface area contributed by atoms with Crippen molar-refractivity contribution in [3.63, 3.8) is 0 Å². The number of carboxylic acids is 1. The minimum Gasteiger partial charge on any atom is -0.481 e. The van der Waals surface area contributed by atoms with Gasteiger partial charge in [0.25, 0.3) is 0 Å². The van der Waals surface area contributed by atoms with Gasteiger partial charge < -0.3 is 5.11 Å². The minimum atomic E-state index is -0.668. The molecule has 0 rings (SSSR count). The van der Waals surface area contributed by atoms with Crippen molar-refractivity contribution in [2.24, 2.45) is 0 Å². The molecule has 0 unspecified atom stereocenters. The number of unbranched alkanes of at least 4 members (excludes halogenated alkanes) is 7. The Bertz CT molecular complexity index is 327. The van der Waals surface area contributed by atoms with Crippen LogP contribution in [-0.4, -0.2) is 11.1 Å². The van der Waals surface area contributed by atoms with E-state index in [2.05, 4.69) is 43.4 Å². The number of allylic oxidation sites excluding steroid dienone is 6. The van der Waals surface area contributed by atoms with Gasteiger partial charge in [-0.05, 0) is 38.5 Å². The standard InChI is InChI=1S/C20H34O2/c1-2-3-4-5-6-7-8-9-10-11-12-13-14-15-16-17-18-19-20(21)22/h3-4,6-7,9-10H,2,5,8,11-19H2,1H3,(H,21,22)/b4-3-,7-6+,10-9+. The van der Waals surface area contributed by atoms with Gasteiger partial charge in [0.15, 0.2) is 0 Å². The number of carboxylic acid groups (broad SMARTS) is 1. The Morgan fingerprint density at radius 3 is 1.82 bits per heavy atom. The van der Waals surface area contributed by atoms with E-state index in [1.54, 1.807) is 0 Å². The van der Waals surface area contributed by atoms with Crippen molar-refractivity contribution in [2.45, 2.75) is 84.0 Å². The number of hydrogen-bond acceptors (Lipinski definition) is 1. The van der Waals surface area contributed by atoms with E-state index in [-0.39, 0.29) is 0 Å². The fourth-order valence-electron chi connectivity index (χ4n) is 2.25. The summed E-state index contributed by atoms with van der Waals surface area (Å²) in [6, 6.07) is 0. The molecule has 126 valence electrons. The fourth-order valence-corrected chi connectivity index (χ4v) is 2.25. The van der Waals surface area contributed by atoms with Gasteiger partial charge in [-0.1, -0.05) is 75.5 Å². The molecule has 0 radical (unpaired) electrons. The van der Waals surface area contributed by atoms with Crippen LogP contribution in [0.4, 0.5) is 0 Å². The Kier molecular flexibility index (Phi) is 16.7. The monoisotopic (exact) mass is 306 g/mol. The molecule has 0 heterocycles. The van der Waals surface area contributed by atoms with Crippen molar-refractivity contribution >= 4 is 5.97 Å². The van der Waals surface area contributed by atoms with E-state index in [9.17, 15) is 4.79 Å². The summed E-state index contributed by atoms with van der Waals surface area (Å²) in [6.45, 7) is 2.16. The lowest BCUT2D eigenvalue weighted by atomic mass is 10.1. The van der Waals surface area contributed by atoms with E-state index in [1.807, 2.05) is 0 Å². The summed E-state index contributed by atoms with van der Waals surface area (Å²) < 4.78 is 0. The number of hydrogen-bond donors (Lipinski definition) is 1. The van der Waals surface area contributed by atoms with Crippen molar-refractivity contribution in [1.29, 1.82) is 0 Å². The average molecular weight is 306 g/mol. The zero-order valence-corrected chi connectivity index (χ0v) is 14.3. The summed E-state index contributed by atoms with van der Waals surface area (Å²) >= 11 is 0. The zero-order valence-electron chi connectivity index (χ0n) is 14.3. The van der Waals surface area contributed by atoms with Crippen molar-refractivity contribution in [3.05, 3.63) is 36.5 Å². The van der Waals surface area contributed by atoms with Crippen molar-refractivity contribution in [1.82, 2.24) is 0 Å². The lowest BCUT2D eigenvalue weighted by Gasteiger charge is -2.00. The Balaban J connectivity index is 3.20. The first kappa shape index (κ1) is 20.7. The maximum Gasteiger partial charge on any atom is 0.303 e. The normalized spacial score (nSPS) is 12.0. The van der Waals surface area contributed by atoms with Gasteiger partial charge in [-0.25, -0.2) is 0 Å². The van der Waals surface area contributed by atoms with Crippen molar-refractivity contribution in [3.8, 4) is 0 Å². The van der Waals surface area contributed by atoms with Gasteiger partial charge in [-0.15, -0.1) is 0 Å². The molecule has 1 N–H and O–H groups in total. The highest BCUT2D eigenvalue weighted by molar-refractivity contribution is 5.66. The van der Waals surface area contributed by atoms with Gasteiger partial charge in [0.2, 0.25) is 0 Å². The first-order valence-electron chi connectivity index (χ1n) is 8.94. The number of aliphatic carboxylic acids is 1. The van der Waals surface area contributed by atoms with E-state index < -0.39 is 5.97 Å². The molecule has 0 aromatic rings. The number of rotatable bonds is 15. The van der Waals surface area contributed by atoms with Crippen LogP contribution in [-0.2, 0) is 4.79 Å². The molecule has 0 aromatic carbocycles. The minimum absolute atomic E-state index is 0.328. The van der Waals surface area contributed by atoms with Crippen LogP contribution >= 0.6 is 0 Å². The summed E-state index contributed by atoms with van der Waals surface area (Å²) in [5, 5.41) is 8.53. The summed E-state index contributed by atoms with van der Waals surface area (Å²) in [5.41, 5.74) is 0. The lowest BCUT2D eigenvalue weighted by Crippen LogP contribution is -1.93. The van der Waals surface area contributed by atoms with Crippen LogP contribution in [0.15, 0.2) is 36.5 Å². The smallest absolute Gasteiger partial charge is 0.303 e. The van der Waals surface area contributed by atoms with Crippen molar-refractivity contribution < 1.29 is 9.90 Å². The fraction of sp³-hybridized carbons (Fsp3) is 0.650. The van der Waals surface area contributed by atoms with Gasteiger partial charge in [0.05, 0.1) is 0 Å². The first-order valence-corrected chi connectivity index (χ1v) is 8.94. The van der Waals surface area contributed by atoms with Crippen LogP contribution in [0, 0.1) is 0 Å². The third kappa shape index (κ3) is 18.7. The second-order valence-electron chi connectivity index (χ2n) is 5.70. The molecule has 0 saturated heterocycles. The van der Waals surface area contributed by atoms with E-state index in [4.69, 9.17) is 5.11 Å². The van der Waals surface area contributed by atoms with Gasteiger partial charge in [-0.2, -0.15) is 0 Å². The zero-order chi connectivity index (χ0) is 16.3. The highest BCUT2D eigenvalue weighted by Crippen LogP contribution is 2.10. The molecular weight excluding hydrogens is 272 g/mol. The molecule has 0 aliphatic rings. The molecule has 0 aliphatic heterocycles. The van der Waals surface area contributed by atoms with Crippen LogP contribution in [0.5, 0.6) is 0 Å². The summed E-state index contributed by atoms with van der Waals surface area (Å²) in [5.74, 6) is -0.668. The lowest BCUT2D eigenvalue weighted by molar-refractivity contribution is -0.137. The van der Waals surface area contributed by atoms with E-state index in [0.29, 0.717) is 6.42 Å². The molecule has 0 saturated carbocycles. The van der Waals surface area contributed by atoms with E-state index >= 15 is 0 Å². The molecule has 0 bridgehead atoms. The molecule has 0 amide bonds. The van der Waals surface area contributed by atoms with Crippen LogP contribution in [0.1, 0.15) is 84.0 Å². The van der Waals surface area contributed by atoms with Gasteiger partial charge >= 0.3 is 5.97 Å². The van der Waals surface area contributed by atoms with Crippen molar-refractivity contribution in [2.75, 3.05) is 0 Å². The summed E-state index contributed by atoms with van der Waals surface area (Å²) in [7, 11) is 0. The van der Waals surface area contributed by atoms with Crippen LogP contribution in [0.25, 0.3) is 0 Å². The number of carbonyl (C=O) groups is 1. The Labute approximate surface area is 137 Å². The van der Waals surface area contributed by atoms with Gasteiger partial charge in [-0.3, -0.25) is 4.79 Å². The molecular formula is C20H34O2. The Hall–Kier alpha value is -1.31. The predicted molar refractivity (Wildman–Crippen MR) is 96.1 cm³/mol. The van der Waals surface area contributed by atoms with E-state index in [0.717, 1.165) is 32.1 Å². The Morgan fingerprint density at radius 1 is 0.727 bits per heavy atom. The SMILES string of the molecule is CC/C=C\C/C=C/C/C=C/CCCCCCCCCC(=O)O. The third-order valence-electron chi connectivity index (χ3n) is 3.54. The maximum absolute atomic E-state index is 10.3. The topological polar surface area (TPSA) is 37.3 Å². The van der Waals surface area contributed by atoms with Crippen LogP contribution in [0.2, 0.25) is 0 Å².